The van der Waals surface area contributed by atoms with E-state index < -0.39 is 21.6 Å². The number of rotatable bonds is 2. The van der Waals surface area contributed by atoms with Crippen LogP contribution in [0.5, 0.6) is 0 Å². The van der Waals surface area contributed by atoms with E-state index in [0.717, 1.165) is 12.3 Å². The summed E-state index contributed by atoms with van der Waals surface area (Å²) in [5, 5.41) is 2.86. The summed E-state index contributed by atoms with van der Waals surface area (Å²) in [6, 6.07) is 1.85. The lowest BCUT2D eigenvalue weighted by molar-refractivity contribution is -0.137. The predicted octanol–water partition coefficient (Wildman–Crippen LogP) is 2.09. The Balaban J connectivity index is 2.04. The molecule has 8 heteroatoms. The van der Waals surface area contributed by atoms with Crippen molar-refractivity contribution in [2.24, 2.45) is 0 Å². The Morgan fingerprint density at radius 1 is 1.32 bits per heavy atom. The number of alkyl halides is 3. The monoisotopic (exact) mass is 294 g/mol. The zero-order chi connectivity index (χ0) is 14.1. The quantitative estimate of drug-likeness (QED) is 0.907. The summed E-state index contributed by atoms with van der Waals surface area (Å²) in [5.74, 6) is 0.427. The largest absolute Gasteiger partial charge is 0.417 e. The number of nitrogens with one attached hydrogen (secondary N) is 1. The van der Waals surface area contributed by atoms with Gasteiger partial charge in [-0.15, -0.1) is 0 Å². The molecule has 1 aliphatic heterocycles. The first kappa shape index (κ1) is 14.1. The van der Waals surface area contributed by atoms with Crippen LogP contribution in [-0.4, -0.2) is 30.9 Å². The Morgan fingerprint density at radius 3 is 2.58 bits per heavy atom. The molecule has 1 atom stereocenters. The summed E-state index contributed by atoms with van der Waals surface area (Å²) in [6.45, 7) is 0. The first-order chi connectivity index (χ1) is 8.76. The van der Waals surface area contributed by atoms with Crippen molar-refractivity contribution in [2.75, 3.05) is 16.8 Å². The maximum absolute atomic E-state index is 12.3. The number of pyridine rings is 1. The highest BCUT2D eigenvalue weighted by atomic mass is 32.2. The molecule has 0 saturated carbocycles. The van der Waals surface area contributed by atoms with Crippen molar-refractivity contribution in [3.8, 4) is 0 Å². The van der Waals surface area contributed by atoms with E-state index in [-0.39, 0.29) is 23.4 Å². The number of hydrogen-bond acceptors (Lipinski definition) is 4. The van der Waals surface area contributed by atoms with Gasteiger partial charge in [0.25, 0.3) is 0 Å². The highest BCUT2D eigenvalue weighted by Gasteiger charge is 2.31. The Bertz CT molecular complexity index is 540. The van der Waals surface area contributed by atoms with Gasteiger partial charge in [0.15, 0.2) is 9.84 Å². The third-order valence-corrected chi connectivity index (χ3v) is 4.73. The van der Waals surface area contributed by atoms with Gasteiger partial charge in [0.05, 0.1) is 17.1 Å². The first-order valence-corrected chi connectivity index (χ1v) is 7.59. The topological polar surface area (TPSA) is 59.1 Å². The molecule has 0 amide bonds. The van der Waals surface area contributed by atoms with E-state index in [9.17, 15) is 21.6 Å². The number of anilines is 1. The molecule has 1 aromatic rings. The van der Waals surface area contributed by atoms with E-state index in [1.54, 1.807) is 0 Å². The first-order valence-electron chi connectivity index (χ1n) is 5.76. The minimum atomic E-state index is -4.42. The highest BCUT2D eigenvalue weighted by Crippen LogP contribution is 2.29. The van der Waals surface area contributed by atoms with E-state index in [4.69, 9.17) is 0 Å². The molecule has 0 aromatic carbocycles. The van der Waals surface area contributed by atoms with Crippen LogP contribution in [0.1, 0.15) is 18.4 Å². The molecule has 1 unspecified atom stereocenters. The van der Waals surface area contributed by atoms with Gasteiger partial charge in [0.2, 0.25) is 0 Å². The normalized spacial score (nSPS) is 23.0. The summed E-state index contributed by atoms with van der Waals surface area (Å²) in [6.07, 6.45) is -2.46. The molecule has 106 valence electrons. The predicted molar refractivity (Wildman–Crippen MR) is 64.5 cm³/mol. The lowest BCUT2D eigenvalue weighted by atomic mass is 10.2. The summed E-state index contributed by atoms with van der Waals surface area (Å²) >= 11 is 0. The van der Waals surface area contributed by atoms with Crippen molar-refractivity contribution in [1.29, 1.82) is 0 Å². The average molecular weight is 294 g/mol. The number of sulfone groups is 1. The van der Waals surface area contributed by atoms with Crippen molar-refractivity contribution in [2.45, 2.75) is 25.1 Å². The highest BCUT2D eigenvalue weighted by molar-refractivity contribution is 7.91. The number of nitrogens with zero attached hydrogens (tertiary/aromatic N) is 1. The van der Waals surface area contributed by atoms with Gasteiger partial charge >= 0.3 is 6.18 Å². The summed E-state index contributed by atoms with van der Waals surface area (Å²) < 4.78 is 59.9. The lowest BCUT2D eigenvalue weighted by Crippen LogP contribution is -2.35. The van der Waals surface area contributed by atoms with Gasteiger partial charge in [-0.3, -0.25) is 0 Å². The average Bonchev–Trinajstić information content (AvgIpc) is 2.27. The fourth-order valence-corrected chi connectivity index (χ4v) is 3.63. The Hall–Kier alpha value is -1.31. The molecule has 2 rings (SSSR count). The number of halogens is 3. The van der Waals surface area contributed by atoms with Crippen molar-refractivity contribution in [1.82, 2.24) is 4.98 Å². The smallest absolute Gasteiger partial charge is 0.366 e. The van der Waals surface area contributed by atoms with Crippen molar-refractivity contribution < 1.29 is 21.6 Å². The number of aromatic nitrogens is 1. The van der Waals surface area contributed by atoms with Gasteiger partial charge in [-0.1, -0.05) is 0 Å². The zero-order valence-electron chi connectivity index (χ0n) is 9.94. The minimum Gasteiger partial charge on any atom is -0.366 e. The van der Waals surface area contributed by atoms with Crippen LogP contribution < -0.4 is 5.32 Å². The van der Waals surface area contributed by atoms with E-state index in [2.05, 4.69) is 10.3 Å². The van der Waals surface area contributed by atoms with Gasteiger partial charge in [0.1, 0.15) is 5.82 Å². The standard InChI is InChI=1S/C11H13F3N2O2S/c12-11(13,14)8-3-4-10(15-6-8)16-9-2-1-5-19(17,18)7-9/h3-4,6,9H,1-2,5,7H2,(H,15,16). The summed E-state index contributed by atoms with van der Waals surface area (Å²) in [4.78, 5) is 3.66. The third kappa shape index (κ3) is 3.82. The van der Waals surface area contributed by atoms with Crippen LogP contribution in [0.3, 0.4) is 0 Å². The van der Waals surface area contributed by atoms with Crippen LogP contribution in [0.4, 0.5) is 19.0 Å². The number of hydrogen-bond donors (Lipinski definition) is 1. The molecule has 1 saturated heterocycles. The van der Waals surface area contributed by atoms with Crippen molar-refractivity contribution in [3.05, 3.63) is 23.9 Å². The molecule has 1 aliphatic rings. The molecule has 0 aliphatic carbocycles. The summed E-state index contributed by atoms with van der Waals surface area (Å²) in [7, 11) is -3.05. The molecule has 4 nitrogen and oxygen atoms in total. The van der Waals surface area contributed by atoms with E-state index >= 15 is 0 Å². The molecule has 0 radical (unpaired) electrons. The molecule has 19 heavy (non-hydrogen) atoms. The summed E-state index contributed by atoms with van der Waals surface area (Å²) in [5.41, 5.74) is -0.825. The molecular formula is C11H13F3N2O2S. The fraction of sp³-hybridized carbons (Fsp3) is 0.545. The Morgan fingerprint density at radius 2 is 2.05 bits per heavy atom. The molecule has 1 aromatic heterocycles. The SMILES string of the molecule is O=S1(=O)CCCC(Nc2ccc(C(F)(F)F)cn2)C1. The molecule has 0 spiro atoms. The molecular weight excluding hydrogens is 281 g/mol. The zero-order valence-corrected chi connectivity index (χ0v) is 10.8. The van der Waals surface area contributed by atoms with Gasteiger partial charge < -0.3 is 5.32 Å². The van der Waals surface area contributed by atoms with Crippen molar-refractivity contribution >= 4 is 15.7 Å². The Labute approximate surface area is 109 Å². The van der Waals surface area contributed by atoms with E-state index in [1.807, 2.05) is 0 Å². The maximum atomic E-state index is 12.3. The van der Waals surface area contributed by atoms with Crippen LogP contribution in [0.25, 0.3) is 0 Å². The van der Waals surface area contributed by atoms with Gasteiger partial charge in [-0.2, -0.15) is 13.2 Å². The minimum absolute atomic E-state index is 0.00426. The van der Waals surface area contributed by atoms with Crippen molar-refractivity contribution in [3.63, 3.8) is 0 Å². The van der Waals surface area contributed by atoms with Gasteiger partial charge in [-0.25, -0.2) is 13.4 Å². The molecule has 1 N–H and O–H groups in total. The van der Waals surface area contributed by atoms with Gasteiger partial charge in [0, 0.05) is 12.2 Å². The molecule has 2 heterocycles. The van der Waals surface area contributed by atoms with E-state index in [0.29, 0.717) is 12.8 Å². The third-order valence-electron chi connectivity index (χ3n) is 2.91. The fourth-order valence-electron chi connectivity index (χ4n) is 1.99. The van der Waals surface area contributed by atoms with Crippen LogP contribution in [0.15, 0.2) is 18.3 Å². The second kappa shape index (κ2) is 4.99. The van der Waals surface area contributed by atoms with Gasteiger partial charge in [-0.05, 0) is 25.0 Å². The molecule has 1 fully saturated rings. The van der Waals surface area contributed by atoms with E-state index in [1.165, 1.54) is 6.07 Å². The second-order valence-electron chi connectivity index (χ2n) is 4.53. The van der Waals surface area contributed by atoms with Crippen LogP contribution in [-0.2, 0) is 16.0 Å². The van der Waals surface area contributed by atoms with Crippen LogP contribution in [0, 0.1) is 0 Å². The molecule has 0 bridgehead atoms. The van der Waals surface area contributed by atoms with Crippen LogP contribution >= 0.6 is 0 Å². The maximum Gasteiger partial charge on any atom is 0.417 e. The lowest BCUT2D eigenvalue weighted by Gasteiger charge is -2.23. The van der Waals surface area contributed by atoms with Crippen LogP contribution in [0.2, 0.25) is 0 Å². The second-order valence-corrected chi connectivity index (χ2v) is 6.76. The Kier molecular flexibility index (Phi) is 3.71.